The summed E-state index contributed by atoms with van der Waals surface area (Å²) in [4.78, 5) is 0. The molecule has 3 nitrogen and oxygen atoms in total. The highest BCUT2D eigenvalue weighted by molar-refractivity contribution is 5.98. The number of allylic oxidation sites excluding steroid dienone is 2. The molecule has 0 saturated heterocycles. The Hall–Kier alpha value is -1.25. The maximum atomic E-state index is 8.32. The van der Waals surface area contributed by atoms with Gasteiger partial charge in [0.15, 0.2) is 5.84 Å². The van der Waals surface area contributed by atoms with Crippen LogP contribution in [0.1, 0.15) is 20.3 Å². The molecule has 0 heterocycles. The van der Waals surface area contributed by atoms with Crippen LogP contribution in [-0.4, -0.2) is 11.0 Å². The minimum absolute atomic E-state index is 0.150. The fraction of sp³-hybridized carbons (Fsp3) is 0.375. The first-order chi connectivity index (χ1) is 5.26. The summed E-state index contributed by atoms with van der Waals surface area (Å²) in [6, 6.07) is 0. The average Bonchev–Trinajstić information content (AvgIpc) is 2.05. The summed E-state index contributed by atoms with van der Waals surface area (Å²) in [5.74, 6) is 0.150. The van der Waals surface area contributed by atoms with Gasteiger partial charge in [0.1, 0.15) is 0 Å². The van der Waals surface area contributed by atoms with Gasteiger partial charge < -0.3 is 10.9 Å². The molecule has 0 saturated carbocycles. The zero-order valence-electron chi connectivity index (χ0n) is 6.91. The highest BCUT2D eigenvalue weighted by Crippen LogP contribution is 1.97. The quantitative estimate of drug-likeness (QED) is 0.213. The Morgan fingerprint density at radius 2 is 2.27 bits per heavy atom. The lowest BCUT2D eigenvalue weighted by Gasteiger charge is -1.95. The summed E-state index contributed by atoms with van der Waals surface area (Å²) in [6.07, 6.45) is 6.51. The van der Waals surface area contributed by atoms with E-state index in [4.69, 9.17) is 10.9 Å². The number of nitrogens with two attached hydrogens (primary N) is 1. The highest BCUT2D eigenvalue weighted by atomic mass is 16.4. The van der Waals surface area contributed by atoms with Crippen molar-refractivity contribution in [2.75, 3.05) is 0 Å². The van der Waals surface area contributed by atoms with Crippen LogP contribution in [0.3, 0.4) is 0 Å². The molecule has 0 aromatic heterocycles. The second-order valence-electron chi connectivity index (χ2n) is 2.04. The summed E-state index contributed by atoms with van der Waals surface area (Å²) in [7, 11) is 0. The lowest BCUT2D eigenvalue weighted by molar-refractivity contribution is 0.318. The predicted octanol–water partition coefficient (Wildman–Crippen LogP) is 1.65. The Labute approximate surface area is 66.9 Å². The molecule has 0 rings (SSSR count). The average molecular weight is 154 g/mol. The molecule has 62 valence electrons. The molecular formula is C8H14N2O. The maximum absolute atomic E-state index is 8.32. The third-order valence-electron chi connectivity index (χ3n) is 1.25. The highest BCUT2D eigenvalue weighted by Gasteiger charge is 1.94. The first kappa shape index (κ1) is 9.75. The zero-order valence-corrected chi connectivity index (χ0v) is 6.91. The molecule has 11 heavy (non-hydrogen) atoms. The van der Waals surface area contributed by atoms with Gasteiger partial charge in [0.05, 0.1) is 0 Å². The van der Waals surface area contributed by atoms with E-state index in [9.17, 15) is 0 Å². The van der Waals surface area contributed by atoms with Gasteiger partial charge in [0.25, 0.3) is 0 Å². The van der Waals surface area contributed by atoms with Crippen LogP contribution in [-0.2, 0) is 0 Å². The molecule has 0 bridgehead atoms. The summed E-state index contributed by atoms with van der Waals surface area (Å²) in [5, 5.41) is 11.2. The van der Waals surface area contributed by atoms with Gasteiger partial charge in [-0.25, -0.2) is 0 Å². The van der Waals surface area contributed by atoms with E-state index in [1.165, 1.54) is 0 Å². The van der Waals surface area contributed by atoms with Crippen molar-refractivity contribution in [3.63, 3.8) is 0 Å². The van der Waals surface area contributed by atoms with Gasteiger partial charge in [-0.3, -0.25) is 0 Å². The SMILES string of the molecule is C/C=C(\C=C/CC)C(N)=NO. The normalized spacial score (nSPS) is 14.4. The smallest absolute Gasteiger partial charge is 0.169 e. The van der Waals surface area contributed by atoms with Crippen molar-refractivity contribution in [1.29, 1.82) is 0 Å². The molecule has 0 aliphatic heterocycles. The van der Waals surface area contributed by atoms with Crippen molar-refractivity contribution >= 4 is 5.84 Å². The molecule has 0 atom stereocenters. The zero-order chi connectivity index (χ0) is 8.69. The van der Waals surface area contributed by atoms with Crippen LogP contribution in [0.4, 0.5) is 0 Å². The third kappa shape index (κ3) is 3.45. The van der Waals surface area contributed by atoms with E-state index in [0.717, 1.165) is 12.0 Å². The summed E-state index contributed by atoms with van der Waals surface area (Å²) >= 11 is 0. The van der Waals surface area contributed by atoms with Crippen LogP contribution in [0.25, 0.3) is 0 Å². The minimum atomic E-state index is 0.150. The topological polar surface area (TPSA) is 58.6 Å². The van der Waals surface area contributed by atoms with Crippen molar-refractivity contribution in [3.05, 3.63) is 23.8 Å². The second-order valence-corrected chi connectivity index (χ2v) is 2.04. The van der Waals surface area contributed by atoms with Crippen LogP contribution in [0, 0.1) is 0 Å². The van der Waals surface area contributed by atoms with Gasteiger partial charge in [-0.05, 0) is 13.3 Å². The van der Waals surface area contributed by atoms with Crippen molar-refractivity contribution < 1.29 is 5.21 Å². The van der Waals surface area contributed by atoms with Crippen molar-refractivity contribution in [2.24, 2.45) is 10.9 Å². The van der Waals surface area contributed by atoms with Crippen molar-refractivity contribution in [3.8, 4) is 0 Å². The lowest BCUT2D eigenvalue weighted by atomic mass is 10.2. The van der Waals surface area contributed by atoms with E-state index in [2.05, 4.69) is 5.16 Å². The number of amidine groups is 1. The van der Waals surface area contributed by atoms with E-state index < -0.39 is 0 Å². The second kappa shape index (κ2) is 5.53. The first-order valence-corrected chi connectivity index (χ1v) is 3.57. The molecular weight excluding hydrogens is 140 g/mol. The third-order valence-corrected chi connectivity index (χ3v) is 1.25. The van der Waals surface area contributed by atoms with Crippen LogP contribution >= 0.6 is 0 Å². The van der Waals surface area contributed by atoms with Crippen LogP contribution < -0.4 is 5.73 Å². The maximum Gasteiger partial charge on any atom is 0.169 e. The molecule has 0 aromatic rings. The Balaban J connectivity index is 4.32. The number of hydrogen-bond donors (Lipinski definition) is 2. The van der Waals surface area contributed by atoms with E-state index >= 15 is 0 Å². The fourth-order valence-corrected chi connectivity index (χ4v) is 0.632. The molecule has 3 heteroatoms. The van der Waals surface area contributed by atoms with Crippen LogP contribution in [0.2, 0.25) is 0 Å². The summed E-state index contributed by atoms with van der Waals surface area (Å²) < 4.78 is 0. The largest absolute Gasteiger partial charge is 0.409 e. The first-order valence-electron chi connectivity index (χ1n) is 3.57. The van der Waals surface area contributed by atoms with Crippen LogP contribution in [0.15, 0.2) is 29.0 Å². The fourth-order valence-electron chi connectivity index (χ4n) is 0.632. The summed E-state index contributed by atoms with van der Waals surface area (Å²) in [5.41, 5.74) is 6.09. The molecule has 0 unspecified atom stereocenters. The van der Waals surface area contributed by atoms with E-state index in [1.54, 1.807) is 6.08 Å². The predicted molar refractivity (Wildman–Crippen MR) is 46.6 cm³/mol. The lowest BCUT2D eigenvalue weighted by Crippen LogP contribution is -2.13. The van der Waals surface area contributed by atoms with Gasteiger partial charge >= 0.3 is 0 Å². The van der Waals surface area contributed by atoms with Crippen molar-refractivity contribution in [2.45, 2.75) is 20.3 Å². The molecule has 0 aromatic carbocycles. The Kier molecular flexibility index (Phi) is 4.90. The number of rotatable bonds is 3. The van der Waals surface area contributed by atoms with Gasteiger partial charge in [-0.2, -0.15) is 0 Å². The minimum Gasteiger partial charge on any atom is -0.409 e. The van der Waals surface area contributed by atoms with Gasteiger partial charge in [0, 0.05) is 5.57 Å². The van der Waals surface area contributed by atoms with E-state index in [-0.39, 0.29) is 5.84 Å². The monoisotopic (exact) mass is 154 g/mol. The Morgan fingerprint density at radius 3 is 2.64 bits per heavy atom. The molecule has 0 spiro atoms. The number of oxime groups is 1. The Bertz CT molecular complexity index is 192. The van der Waals surface area contributed by atoms with Gasteiger partial charge in [-0.15, -0.1) is 0 Å². The molecule has 0 aliphatic carbocycles. The van der Waals surface area contributed by atoms with Crippen LogP contribution in [0.5, 0.6) is 0 Å². The van der Waals surface area contributed by atoms with Crippen molar-refractivity contribution in [1.82, 2.24) is 0 Å². The molecule has 0 amide bonds. The van der Waals surface area contributed by atoms with Gasteiger partial charge in [0.2, 0.25) is 0 Å². The molecule has 0 aliphatic rings. The van der Waals surface area contributed by atoms with E-state index in [1.807, 2.05) is 26.0 Å². The molecule has 0 radical (unpaired) electrons. The van der Waals surface area contributed by atoms with Gasteiger partial charge in [-0.1, -0.05) is 30.3 Å². The molecule has 3 N–H and O–H groups in total. The standard InChI is InChI=1S/C8H14N2O/c1-3-5-6-7(4-2)8(9)10-11/h4-6,11H,3H2,1-2H3,(H2,9,10)/b6-5-,7-4+. The number of nitrogens with zero attached hydrogens (tertiary/aromatic N) is 1. The van der Waals surface area contributed by atoms with E-state index in [0.29, 0.717) is 0 Å². The Morgan fingerprint density at radius 1 is 1.64 bits per heavy atom. The summed E-state index contributed by atoms with van der Waals surface area (Å²) in [6.45, 7) is 3.86. The number of hydrogen-bond acceptors (Lipinski definition) is 2. The molecule has 0 fully saturated rings.